The molecule has 4 rings (SSSR count). The van der Waals surface area contributed by atoms with Gasteiger partial charge in [0.2, 0.25) is 5.88 Å². The fourth-order valence-electron chi connectivity index (χ4n) is 3.29. The lowest BCUT2D eigenvalue weighted by Crippen LogP contribution is -2.22. The second kappa shape index (κ2) is 10.4. The minimum Gasteiger partial charge on any atom is -0.490 e. The number of benzene rings is 2. The summed E-state index contributed by atoms with van der Waals surface area (Å²) in [5.74, 6) is 1.13. The van der Waals surface area contributed by atoms with Crippen molar-refractivity contribution in [3.63, 3.8) is 0 Å². The molecule has 1 aliphatic heterocycles. The molecule has 178 valence electrons. The first-order chi connectivity index (χ1) is 16.4. The molecule has 34 heavy (non-hydrogen) atoms. The van der Waals surface area contributed by atoms with Crippen LogP contribution in [0, 0.1) is 0 Å². The second-order valence-corrected chi connectivity index (χ2v) is 9.14. The zero-order valence-electron chi connectivity index (χ0n) is 18.6. The lowest BCUT2D eigenvalue weighted by Gasteiger charge is -2.12. The Bertz CT molecular complexity index is 1260. The average molecular weight is 484 g/mol. The van der Waals surface area contributed by atoms with Crippen LogP contribution in [0.2, 0.25) is 0 Å². The summed E-state index contributed by atoms with van der Waals surface area (Å²) in [6.45, 7) is 3.67. The molecule has 0 radical (unpaired) electrons. The minimum atomic E-state index is -3.85. The predicted octanol–water partition coefficient (Wildman–Crippen LogP) is 3.37. The molecule has 10 heteroatoms. The zero-order valence-corrected chi connectivity index (χ0v) is 19.4. The molecule has 0 saturated carbocycles. The summed E-state index contributed by atoms with van der Waals surface area (Å²) >= 11 is 0. The second-order valence-electron chi connectivity index (χ2n) is 7.46. The van der Waals surface area contributed by atoms with E-state index >= 15 is 0 Å². The largest absolute Gasteiger partial charge is 0.490 e. The van der Waals surface area contributed by atoms with Gasteiger partial charge in [-0.25, -0.2) is 13.4 Å². The number of fused-ring (bicyclic) bond motifs is 1. The van der Waals surface area contributed by atoms with Crippen molar-refractivity contribution in [2.45, 2.75) is 24.8 Å². The van der Waals surface area contributed by atoms with Crippen LogP contribution in [0.4, 0.5) is 5.69 Å². The Morgan fingerprint density at radius 1 is 1.03 bits per heavy atom. The fraction of sp³-hybridized carbons (Fsp3) is 0.250. The number of amides is 1. The van der Waals surface area contributed by atoms with Gasteiger partial charge in [0.15, 0.2) is 11.5 Å². The third-order valence-corrected chi connectivity index (χ3v) is 6.35. The van der Waals surface area contributed by atoms with E-state index in [1.165, 1.54) is 24.3 Å². The van der Waals surface area contributed by atoms with Gasteiger partial charge in [0.05, 0.1) is 24.7 Å². The number of aromatic nitrogens is 1. The number of nitrogens with zero attached hydrogens (tertiary/aromatic N) is 1. The Balaban J connectivity index is 1.39. The summed E-state index contributed by atoms with van der Waals surface area (Å²) in [4.78, 5) is 16.6. The molecule has 0 saturated heterocycles. The average Bonchev–Trinajstić information content (AvgIpc) is 3.08. The molecule has 2 heterocycles. The van der Waals surface area contributed by atoms with Gasteiger partial charge in [-0.2, -0.15) is 0 Å². The Hall–Kier alpha value is -3.79. The summed E-state index contributed by atoms with van der Waals surface area (Å²) in [7, 11) is -3.85. The maximum absolute atomic E-state index is 12.8. The van der Waals surface area contributed by atoms with Crippen LogP contribution < -0.4 is 24.2 Å². The van der Waals surface area contributed by atoms with Crippen LogP contribution in [0.25, 0.3) is 0 Å². The van der Waals surface area contributed by atoms with Gasteiger partial charge in [0, 0.05) is 42.5 Å². The van der Waals surface area contributed by atoms with Crippen molar-refractivity contribution in [1.82, 2.24) is 10.3 Å². The van der Waals surface area contributed by atoms with Gasteiger partial charge >= 0.3 is 0 Å². The highest BCUT2D eigenvalue weighted by Crippen LogP contribution is 2.32. The normalized spacial score (nSPS) is 13.0. The van der Waals surface area contributed by atoms with E-state index in [0.717, 1.165) is 12.0 Å². The molecule has 0 fully saturated rings. The van der Waals surface area contributed by atoms with E-state index in [0.29, 0.717) is 55.0 Å². The highest BCUT2D eigenvalue weighted by atomic mass is 32.2. The van der Waals surface area contributed by atoms with E-state index in [9.17, 15) is 13.2 Å². The molecule has 0 unspecified atom stereocenters. The molecule has 0 aliphatic carbocycles. The topological polar surface area (TPSA) is 116 Å². The molecule has 1 aromatic heterocycles. The molecule has 0 atom stereocenters. The van der Waals surface area contributed by atoms with Gasteiger partial charge in [-0.3, -0.25) is 9.52 Å². The molecule has 1 aliphatic rings. The number of rotatable bonds is 8. The first-order valence-electron chi connectivity index (χ1n) is 10.8. The molecule has 1 amide bonds. The summed E-state index contributed by atoms with van der Waals surface area (Å²) in [6, 6.07) is 14.2. The van der Waals surface area contributed by atoms with Gasteiger partial charge in [-0.05, 0) is 55.0 Å². The lowest BCUT2D eigenvalue weighted by molar-refractivity contribution is 0.0951. The number of hydrogen-bond donors (Lipinski definition) is 2. The van der Waals surface area contributed by atoms with E-state index in [1.54, 1.807) is 36.5 Å². The van der Waals surface area contributed by atoms with Gasteiger partial charge in [-0.1, -0.05) is 0 Å². The zero-order chi connectivity index (χ0) is 24.0. The van der Waals surface area contributed by atoms with Crippen molar-refractivity contribution in [3.05, 3.63) is 71.9 Å². The number of sulfonamides is 1. The lowest BCUT2D eigenvalue weighted by atomic mass is 10.2. The molecule has 2 N–H and O–H groups in total. The summed E-state index contributed by atoms with van der Waals surface area (Å²) in [5.41, 5.74) is 1.59. The van der Waals surface area contributed by atoms with Crippen LogP contribution in [-0.2, 0) is 16.6 Å². The number of carbonyl (C=O) groups excluding carboxylic acids is 1. The van der Waals surface area contributed by atoms with Crippen LogP contribution >= 0.6 is 0 Å². The molecule has 0 bridgehead atoms. The van der Waals surface area contributed by atoms with Crippen LogP contribution in [0.15, 0.2) is 65.7 Å². The SMILES string of the molecule is CCOc1cc(CNC(=O)c2ccc(NS(=O)(=O)c3ccc4c(c3)OCCCO4)cc2)ccn1. The molecule has 0 spiro atoms. The van der Waals surface area contributed by atoms with E-state index < -0.39 is 10.0 Å². The maximum Gasteiger partial charge on any atom is 0.262 e. The minimum absolute atomic E-state index is 0.0577. The standard InChI is InChI=1S/C24H25N3O6S/c1-2-31-23-14-17(10-11-25-23)16-26-24(28)18-4-6-19(7-5-18)27-34(29,30)20-8-9-21-22(15-20)33-13-3-12-32-21/h4-11,14-15,27H,2-3,12-13,16H2,1H3,(H,26,28). The van der Waals surface area contributed by atoms with Crippen LogP contribution in [0.1, 0.15) is 29.3 Å². The van der Waals surface area contributed by atoms with Gasteiger partial charge in [0.1, 0.15) is 0 Å². The number of hydrogen-bond acceptors (Lipinski definition) is 7. The van der Waals surface area contributed by atoms with Gasteiger partial charge in [0.25, 0.3) is 15.9 Å². The van der Waals surface area contributed by atoms with Crippen molar-refractivity contribution in [2.24, 2.45) is 0 Å². The summed E-state index contributed by atoms with van der Waals surface area (Å²) in [6.07, 6.45) is 2.35. The van der Waals surface area contributed by atoms with E-state index in [4.69, 9.17) is 14.2 Å². The molecular formula is C24H25N3O6S. The fourth-order valence-corrected chi connectivity index (χ4v) is 4.36. The highest BCUT2D eigenvalue weighted by Gasteiger charge is 2.19. The smallest absolute Gasteiger partial charge is 0.262 e. The Morgan fingerprint density at radius 2 is 1.79 bits per heavy atom. The predicted molar refractivity (Wildman–Crippen MR) is 126 cm³/mol. The molecule has 3 aromatic rings. The molecular weight excluding hydrogens is 458 g/mol. The number of anilines is 1. The Morgan fingerprint density at radius 3 is 2.56 bits per heavy atom. The van der Waals surface area contributed by atoms with Crippen molar-refractivity contribution in [2.75, 3.05) is 24.5 Å². The van der Waals surface area contributed by atoms with E-state index in [2.05, 4.69) is 15.0 Å². The monoisotopic (exact) mass is 483 g/mol. The number of ether oxygens (including phenoxy) is 3. The first kappa shape index (κ1) is 23.4. The first-order valence-corrected chi connectivity index (χ1v) is 12.3. The highest BCUT2D eigenvalue weighted by molar-refractivity contribution is 7.92. The maximum atomic E-state index is 12.8. The summed E-state index contributed by atoms with van der Waals surface area (Å²) in [5, 5.41) is 2.83. The summed E-state index contributed by atoms with van der Waals surface area (Å²) < 4.78 is 44.7. The van der Waals surface area contributed by atoms with Crippen molar-refractivity contribution < 1.29 is 27.4 Å². The molecule has 9 nitrogen and oxygen atoms in total. The van der Waals surface area contributed by atoms with Crippen molar-refractivity contribution in [1.29, 1.82) is 0 Å². The Kier molecular flexibility index (Phi) is 7.17. The van der Waals surface area contributed by atoms with Crippen molar-refractivity contribution >= 4 is 21.6 Å². The van der Waals surface area contributed by atoms with E-state index in [-0.39, 0.29) is 10.8 Å². The van der Waals surface area contributed by atoms with Crippen LogP contribution in [-0.4, -0.2) is 39.1 Å². The van der Waals surface area contributed by atoms with E-state index in [1.807, 2.05) is 6.92 Å². The van der Waals surface area contributed by atoms with Crippen LogP contribution in [0.3, 0.4) is 0 Å². The van der Waals surface area contributed by atoms with Crippen molar-refractivity contribution in [3.8, 4) is 17.4 Å². The molecule has 2 aromatic carbocycles. The number of nitrogens with one attached hydrogen (secondary N) is 2. The quantitative estimate of drug-likeness (QED) is 0.505. The third-order valence-electron chi connectivity index (χ3n) is 4.97. The third kappa shape index (κ3) is 5.76. The van der Waals surface area contributed by atoms with Gasteiger partial charge < -0.3 is 19.5 Å². The number of pyridine rings is 1. The number of carbonyl (C=O) groups is 1. The Labute approximate surface area is 198 Å². The van der Waals surface area contributed by atoms with Gasteiger partial charge in [-0.15, -0.1) is 0 Å². The van der Waals surface area contributed by atoms with Crippen LogP contribution in [0.5, 0.6) is 17.4 Å².